The Bertz CT molecular complexity index is 826. The van der Waals surface area contributed by atoms with Crippen LogP contribution in [0.15, 0.2) is 17.4 Å². The fourth-order valence-electron chi connectivity index (χ4n) is 2.31. The van der Waals surface area contributed by atoms with E-state index in [9.17, 15) is 29.4 Å². The summed E-state index contributed by atoms with van der Waals surface area (Å²) in [5, 5.41) is 19.9. The summed E-state index contributed by atoms with van der Waals surface area (Å²) >= 11 is 0. The number of H-pyrrole nitrogens is 1. The zero-order valence-electron chi connectivity index (χ0n) is 13.8. The minimum absolute atomic E-state index is 0. The van der Waals surface area contributed by atoms with Gasteiger partial charge in [0.15, 0.2) is 17.4 Å². The van der Waals surface area contributed by atoms with Crippen molar-refractivity contribution in [2.24, 2.45) is 0 Å². The van der Waals surface area contributed by atoms with Crippen LogP contribution < -0.4 is 74.5 Å². The van der Waals surface area contributed by atoms with Gasteiger partial charge in [0.25, 0.3) is 5.56 Å². The van der Waals surface area contributed by atoms with Gasteiger partial charge in [0.05, 0.1) is 27.1 Å². The fraction of sp³-hybridized carbons (Fsp3) is 0.500. The van der Waals surface area contributed by atoms with Crippen molar-refractivity contribution in [3.63, 3.8) is 0 Å². The molecule has 0 amide bonds. The molecular weight excluding hydrogens is 397 g/mol. The van der Waals surface area contributed by atoms with Gasteiger partial charge in [-0.15, -0.1) is 0 Å². The van der Waals surface area contributed by atoms with E-state index in [4.69, 9.17) is 4.74 Å². The van der Waals surface area contributed by atoms with Crippen molar-refractivity contribution in [3.8, 4) is 0 Å². The molecule has 134 valence electrons. The van der Waals surface area contributed by atoms with Gasteiger partial charge >= 0.3 is 59.1 Å². The number of hydrogen-bond donors (Lipinski definition) is 3. The number of rotatable bonds is 4. The molecule has 16 heteroatoms. The number of fused-ring (bicyclic) bond motifs is 1. The standard InChI is InChI=1S/C10H13N4O8P.2Na.H2O/c15-6-4(1-21-23(18,19)20)22-10(7(6)16)14-3-13-5-8(14)11-2-12-9(5)17;;;/h2-4,6-7,10,15-16H,1H2,(H,11,12,17)(H2,18,19,20);;;1H2/q;2*+1;/p-2/t4-,6+,7+,10+;;;/m0.../s1. The second kappa shape index (κ2) is 10.2. The molecular formula is C10H13N4Na2O9P. The predicted octanol–water partition coefficient (Wildman–Crippen LogP) is -10.2. The van der Waals surface area contributed by atoms with E-state index in [1.165, 1.54) is 10.9 Å². The van der Waals surface area contributed by atoms with Crippen LogP contribution in [0.4, 0.5) is 0 Å². The van der Waals surface area contributed by atoms with E-state index < -0.39 is 44.5 Å². The van der Waals surface area contributed by atoms with Gasteiger partial charge in [-0.2, -0.15) is 0 Å². The van der Waals surface area contributed by atoms with E-state index in [0.717, 1.165) is 6.33 Å². The maximum atomic E-state index is 11.6. The van der Waals surface area contributed by atoms with E-state index in [1.54, 1.807) is 0 Å². The Morgan fingerprint density at radius 2 is 1.96 bits per heavy atom. The molecule has 0 saturated carbocycles. The van der Waals surface area contributed by atoms with Gasteiger partial charge < -0.3 is 44.3 Å². The normalized spacial score (nSPS) is 25.2. The molecule has 1 aliphatic heterocycles. The molecule has 0 radical (unpaired) electrons. The average Bonchev–Trinajstić information content (AvgIpc) is 3.01. The summed E-state index contributed by atoms with van der Waals surface area (Å²) in [5.74, 6) is 0. The summed E-state index contributed by atoms with van der Waals surface area (Å²) in [6, 6.07) is 0. The van der Waals surface area contributed by atoms with Crippen molar-refractivity contribution in [3.05, 3.63) is 23.0 Å². The third kappa shape index (κ3) is 5.43. The molecule has 3 rings (SSSR count). The van der Waals surface area contributed by atoms with Crippen LogP contribution in [-0.2, 0) is 13.8 Å². The Hall–Kier alpha value is 0.300. The first-order chi connectivity index (χ1) is 10.8. The number of nitrogens with zero attached hydrogens (tertiary/aromatic N) is 3. The summed E-state index contributed by atoms with van der Waals surface area (Å²) < 4.78 is 21.1. The number of aromatic amines is 1. The van der Waals surface area contributed by atoms with Crippen molar-refractivity contribution in [1.82, 2.24) is 19.5 Å². The third-order valence-corrected chi connectivity index (χ3v) is 3.84. The zero-order chi connectivity index (χ0) is 16.8. The van der Waals surface area contributed by atoms with Crippen molar-refractivity contribution in [1.29, 1.82) is 0 Å². The van der Waals surface area contributed by atoms with Crippen LogP contribution in [0.1, 0.15) is 6.23 Å². The number of nitrogens with one attached hydrogen (secondary N) is 1. The molecule has 1 fully saturated rings. The quantitative estimate of drug-likeness (QED) is 0.319. The Morgan fingerprint density at radius 1 is 1.31 bits per heavy atom. The largest absolute Gasteiger partial charge is 1.00 e. The number of aliphatic hydroxyl groups is 2. The first-order valence-corrected chi connectivity index (χ1v) is 7.82. The molecule has 3 heterocycles. The Labute approximate surface area is 189 Å². The molecule has 0 unspecified atom stereocenters. The molecule has 0 aromatic carbocycles. The Balaban J connectivity index is 0.00000208. The first kappa shape index (κ1) is 26.3. The molecule has 4 atom stereocenters. The van der Waals surface area contributed by atoms with Crippen LogP contribution in [0.5, 0.6) is 0 Å². The van der Waals surface area contributed by atoms with Gasteiger partial charge in [0.1, 0.15) is 18.3 Å². The molecule has 0 bridgehead atoms. The van der Waals surface area contributed by atoms with Gasteiger partial charge in [-0.25, -0.2) is 9.97 Å². The van der Waals surface area contributed by atoms with Gasteiger partial charge in [0, 0.05) is 0 Å². The summed E-state index contributed by atoms with van der Waals surface area (Å²) in [4.78, 5) is 42.6. The maximum Gasteiger partial charge on any atom is 1.00 e. The molecule has 1 saturated heterocycles. The minimum atomic E-state index is -5.24. The number of aliphatic hydroxyl groups excluding tert-OH is 2. The summed E-state index contributed by atoms with van der Waals surface area (Å²) in [7, 11) is -5.24. The first-order valence-electron chi connectivity index (χ1n) is 6.36. The number of phosphoric acid groups is 1. The van der Waals surface area contributed by atoms with Crippen LogP contribution in [0.3, 0.4) is 0 Å². The van der Waals surface area contributed by atoms with Crippen LogP contribution in [-0.4, -0.2) is 60.1 Å². The van der Waals surface area contributed by atoms with Crippen LogP contribution >= 0.6 is 7.82 Å². The predicted molar refractivity (Wildman–Crippen MR) is 71.2 cm³/mol. The molecule has 1 aliphatic rings. The molecule has 5 N–H and O–H groups in total. The van der Waals surface area contributed by atoms with Crippen molar-refractivity contribution < 1.29 is 98.4 Å². The summed E-state index contributed by atoms with van der Waals surface area (Å²) in [6.07, 6.45) is -3.11. The van der Waals surface area contributed by atoms with E-state index >= 15 is 0 Å². The summed E-state index contributed by atoms with van der Waals surface area (Å²) in [6.45, 7) is -0.750. The number of imidazole rings is 1. The third-order valence-electron chi connectivity index (χ3n) is 3.37. The number of aromatic nitrogens is 4. The van der Waals surface area contributed by atoms with E-state index in [0.29, 0.717) is 0 Å². The molecule has 2 aromatic heterocycles. The van der Waals surface area contributed by atoms with E-state index in [-0.39, 0.29) is 75.8 Å². The van der Waals surface area contributed by atoms with Crippen molar-refractivity contribution in [2.75, 3.05) is 6.61 Å². The van der Waals surface area contributed by atoms with E-state index in [1.807, 2.05) is 0 Å². The van der Waals surface area contributed by atoms with Crippen molar-refractivity contribution >= 4 is 19.0 Å². The van der Waals surface area contributed by atoms with Gasteiger partial charge in [0.2, 0.25) is 0 Å². The van der Waals surface area contributed by atoms with Gasteiger partial charge in [-0.3, -0.25) is 9.36 Å². The molecule has 13 nitrogen and oxygen atoms in total. The summed E-state index contributed by atoms with van der Waals surface area (Å²) in [5.41, 5.74) is -0.397. The fourth-order valence-corrected chi connectivity index (χ4v) is 2.64. The zero-order valence-corrected chi connectivity index (χ0v) is 18.7. The van der Waals surface area contributed by atoms with E-state index in [2.05, 4.69) is 19.5 Å². The molecule has 0 aliphatic carbocycles. The second-order valence-electron chi connectivity index (χ2n) is 4.84. The van der Waals surface area contributed by atoms with Crippen LogP contribution in [0, 0.1) is 0 Å². The van der Waals surface area contributed by atoms with Crippen molar-refractivity contribution in [2.45, 2.75) is 24.5 Å². The molecule has 26 heavy (non-hydrogen) atoms. The number of hydrogen-bond acceptors (Lipinski definition) is 10. The molecule has 2 aromatic rings. The van der Waals surface area contributed by atoms with Gasteiger partial charge in [-0.05, 0) is 0 Å². The average molecular weight is 410 g/mol. The minimum Gasteiger partial charge on any atom is -0.790 e. The Kier molecular flexibility index (Phi) is 10.3. The topological polar surface area (TPSA) is 217 Å². The molecule has 0 spiro atoms. The number of phosphoric ester groups is 1. The van der Waals surface area contributed by atoms with Crippen LogP contribution in [0.2, 0.25) is 0 Å². The second-order valence-corrected chi connectivity index (χ2v) is 6.00. The maximum absolute atomic E-state index is 11.6. The van der Waals surface area contributed by atoms with Crippen LogP contribution in [0.25, 0.3) is 11.2 Å². The monoisotopic (exact) mass is 410 g/mol. The SMILES string of the molecule is O.O=c1[nH]cnc2c1ncn2[C@@H]1O[C@@H](COP(=O)([O-])[O-])[C@@H](O)[C@H]1O.[Na+].[Na+]. The smallest absolute Gasteiger partial charge is 0.790 e. The Morgan fingerprint density at radius 3 is 2.58 bits per heavy atom. The van der Waals surface area contributed by atoms with Gasteiger partial charge in [-0.1, -0.05) is 0 Å². The number of ether oxygens (including phenoxy) is 1.